The maximum atomic E-state index is 12.8. The maximum absolute atomic E-state index is 12.8. The Balaban J connectivity index is 2.09. The minimum atomic E-state index is -4.16. The standard InChI is InChI=1S/C20H24N4O4S/c1-2-3-9-23-17-12-15(20(25)24-11-10-22-14-24)13-18(29(21,26)27)19(17)28-16-7-5-4-6-8-16/h4-8,10-13,22-23H,2-3,9,14H2,1H3,(H2,21,26,27). The van der Waals surface area contributed by atoms with Crippen molar-refractivity contribution in [2.24, 2.45) is 5.14 Å². The van der Waals surface area contributed by atoms with Gasteiger partial charge in [-0.15, -0.1) is 0 Å². The fourth-order valence-corrected chi connectivity index (χ4v) is 3.53. The predicted octanol–water partition coefficient (Wildman–Crippen LogP) is 2.81. The van der Waals surface area contributed by atoms with E-state index in [4.69, 9.17) is 9.88 Å². The summed E-state index contributed by atoms with van der Waals surface area (Å²) in [6, 6.07) is 11.7. The van der Waals surface area contributed by atoms with E-state index in [0.29, 0.717) is 24.7 Å². The molecule has 0 unspecified atom stereocenters. The molecule has 0 spiro atoms. The Hall–Kier alpha value is -3.04. The molecule has 9 heteroatoms. The first kappa shape index (κ1) is 20.7. The van der Waals surface area contributed by atoms with Gasteiger partial charge in [-0.05, 0) is 30.7 Å². The Labute approximate surface area is 170 Å². The molecule has 154 valence electrons. The van der Waals surface area contributed by atoms with Crippen molar-refractivity contribution < 1.29 is 17.9 Å². The molecular formula is C20H24N4O4S. The summed E-state index contributed by atoms with van der Waals surface area (Å²) in [7, 11) is -4.16. The number of benzene rings is 2. The number of rotatable bonds is 8. The highest BCUT2D eigenvalue weighted by Crippen LogP contribution is 2.37. The second-order valence-electron chi connectivity index (χ2n) is 6.54. The van der Waals surface area contributed by atoms with E-state index >= 15 is 0 Å². The summed E-state index contributed by atoms with van der Waals surface area (Å²) in [5.74, 6) is 0.184. The van der Waals surface area contributed by atoms with Crippen LogP contribution in [0.1, 0.15) is 30.1 Å². The van der Waals surface area contributed by atoms with Crippen LogP contribution in [0.5, 0.6) is 11.5 Å². The summed E-state index contributed by atoms with van der Waals surface area (Å²) < 4.78 is 30.6. The van der Waals surface area contributed by atoms with Crippen molar-refractivity contribution >= 4 is 21.6 Å². The zero-order valence-corrected chi connectivity index (χ0v) is 16.9. The minimum absolute atomic E-state index is 0.0708. The number of hydrogen-bond acceptors (Lipinski definition) is 6. The van der Waals surface area contributed by atoms with Gasteiger partial charge in [0.25, 0.3) is 5.91 Å². The summed E-state index contributed by atoms with van der Waals surface area (Å²) >= 11 is 0. The Morgan fingerprint density at radius 1 is 1.28 bits per heavy atom. The second kappa shape index (κ2) is 8.97. The Morgan fingerprint density at radius 2 is 2.03 bits per heavy atom. The van der Waals surface area contributed by atoms with Gasteiger partial charge in [0.2, 0.25) is 10.0 Å². The average molecular weight is 417 g/mol. The van der Waals surface area contributed by atoms with E-state index in [1.165, 1.54) is 11.0 Å². The lowest BCUT2D eigenvalue weighted by atomic mass is 10.1. The first-order chi connectivity index (χ1) is 13.9. The van der Waals surface area contributed by atoms with Crippen molar-refractivity contribution in [2.75, 3.05) is 18.5 Å². The van der Waals surface area contributed by atoms with Crippen LogP contribution in [0.15, 0.2) is 59.8 Å². The number of carbonyl (C=O) groups excluding carboxylic acids is 1. The van der Waals surface area contributed by atoms with E-state index in [2.05, 4.69) is 10.6 Å². The molecule has 0 saturated carbocycles. The van der Waals surface area contributed by atoms with E-state index in [9.17, 15) is 13.2 Å². The molecule has 29 heavy (non-hydrogen) atoms. The van der Waals surface area contributed by atoms with Crippen LogP contribution in [0.25, 0.3) is 0 Å². The number of hydrogen-bond donors (Lipinski definition) is 3. The molecule has 2 aromatic carbocycles. The van der Waals surface area contributed by atoms with Crippen molar-refractivity contribution in [3.63, 3.8) is 0 Å². The molecule has 0 saturated heterocycles. The van der Waals surface area contributed by atoms with Crippen molar-refractivity contribution in [3.8, 4) is 11.5 Å². The summed E-state index contributed by atoms with van der Waals surface area (Å²) in [6.45, 7) is 2.95. The van der Waals surface area contributed by atoms with Gasteiger partial charge >= 0.3 is 0 Å². The number of para-hydroxylation sites is 1. The van der Waals surface area contributed by atoms with Gasteiger partial charge in [0.1, 0.15) is 10.6 Å². The highest BCUT2D eigenvalue weighted by molar-refractivity contribution is 7.89. The topological polar surface area (TPSA) is 114 Å². The van der Waals surface area contributed by atoms with Gasteiger partial charge in [-0.25, -0.2) is 13.6 Å². The van der Waals surface area contributed by atoms with Crippen LogP contribution in [0, 0.1) is 0 Å². The number of ether oxygens (including phenoxy) is 1. The van der Waals surface area contributed by atoms with Gasteiger partial charge in [-0.1, -0.05) is 31.5 Å². The van der Waals surface area contributed by atoms with E-state index < -0.39 is 10.0 Å². The van der Waals surface area contributed by atoms with Crippen molar-refractivity contribution in [1.29, 1.82) is 0 Å². The molecule has 4 N–H and O–H groups in total. The Bertz CT molecular complexity index is 1010. The van der Waals surface area contributed by atoms with E-state index in [1.54, 1.807) is 42.7 Å². The molecule has 1 aliphatic rings. The largest absolute Gasteiger partial charge is 0.454 e. The third kappa shape index (κ3) is 5.07. The molecule has 0 aliphatic carbocycles. The van der Waals surface area contributed by atoms with Crippen LogP contribution in [-0.2, 0) is 10.0 Å². The van der Waals surface area contributed by atoms with E-state index in [1.807, 2.05) is 13.0 Å². The number of anilines is 1. The maximum Gasteiger partial charge on any atom is 0.259 e. The van der Waals surface area contributed by atoms with Gasteiger partial charge in [-0.3, -0.25) is 9.69 Å². The highest BCUT2D eigenvalue weighted by atomic mass is 32.2. The molecule has 2 aromatic rings. The SMILES string of the molecule is CCCCNc1cc(C(=O)N2C=CNC2)cc(S(N)(=O)=O)c1Oc1ccccc1. The summed E-state index contributed by atoms with van der Waals surface area (Å²) in [5, 5.41) is 11.6. The first-order valence-electron chi connectivity index (χ1n) is 9.29. The summed E-state index contributed by atoms with van der Waals surface area (Å²) in [6.07, 6.45) is 5.06. The Morgan fingerprint density at radius 3 is 2.66 bits per heavy atom. The third-order valence-corrected chi connectivity index (χ3v) is 5.23. The molecule has 3 rings (SSSR count). The molecule has 0 aromatic heterocycles. The minimum Gasteiger partial charge on any atom is -0.454 e. The zero-order valence-electron chi connectivity index (χ0n) is 16.1. The van der Waals surface area contributed by atoms with Gasteiger partial charge in [-0.2, -0.15) is 0 Å². The summed E-state index contributed by atoms with van der Waals surface area (Å²) in [5.41, 5.74) is 0.593. The zero-order chi connectivity index (χ0) is 20.9. The second-order valence-corrected chi connectivity index (χ2v) is 8.07. The molecule has 0 atom stereocenters. The average Bonchev–Trinajstić information content (AvgIpc) is 3.23. The number of unbranched alkanes of at least 4 members (excludes halogenated alkanes) is 1. The Kier molecular flexibility index (Phi) is 6.40. The monoisotopic (exact) mass is 416 g/mol. The van der Waals surface area contributed by atoms with Crippen LogP contribution in [0.2, 0.25) is 0 Å². The third-order valence-electron chi connectivity index (χ3n) is 4.31. The van der Waals surface area contributed by atoms with Crippen molar-refractivity contribution in [1.82, 2.24) is 10.2 Å². The lowest BCUT2D eigenvalue weighted by Crippen LogP contribution is -2.28. The molecule has 8 nitrogen and oxygen atoms in total. The molecule has 1 amide bonds. The normalized spacial score (nSPS) is 13.2. The fourth-order valence-electron chi connectivity index (χ4n) is 2.83. The lowest BCUT2D eigenvalue weighted by Gasteiger charge is -2.19. The number of carbonyl (C=O) groups is 1. The van der Waals surface area contributed by atoms with Crippen LogP contribution < -0.4 is 20.5 Å². The van der Waals surface area contributed by atoms with Crippen LogP contribution in [0.3, 0.4) is 0 Å². The molecule has 1 aliphatic heterocycles. The fraction of sp³-hybridized carbons (Fsp3) is 0.250. The van der Waals surface area contributed by atoms with Crippen LogP contribution in [0.4, 0.5) is 5.69 Å². The first-order valence-corrected chi connectivity index (χ1v) is 10.8. The molecule has 0 bridgehead atoms. The highest BCUT2D eigenvalue weighted by Gasteiger charge is 2.25. The van der Waals surface area contributed by atoms with E-state index in [0.717, 1.165) is 12.8 Å². The van der Waals surface area contributed by atoms with Crippen molar-refractivity contribution in [3.05, 3.63) is 60.4 Å². The van der Waals surface area contributed by atoms with Crippen molar-refractivity contribution in [2.45, 2.75) is 24.7 Å². The number of sulfonamides is 1. The van der Waals surface area contributed by atoms with Crippen LogP contribution >= 0.6 is 0 Å². The number of amides is 1. The smallest absolute Gasteiger partial charge is 0.259 e. The summed E-state index contributed by atoms with van der Waals surface area (Å²) in [4.78, 5) is 14.0. The lowest BCUT2D eigenvalue weighted by molar-refractivity contribution is 0.0828. The number of primary sulfonamides is 1. The number of nitrogens with two attached hydrogens (primary N) is 1. The van der Waals surface area contributed by atoms with Gasteiger partial charge < -0.3 is 15.4 Å². The molecule has 0 fully saturated rings. The van der Waals surface area contributed by atoms with Gasteiger partial charge in [0, 0.05) is 24.5 Å². The van der Waals surface area contributed by atoms with Crippen LogP contribution in [-0.4, -0.2) is 32.4 Å². The predicted molar refractivity (Wildman–Crippen MR) is 111 cm³/mol. The number of nitrogens with zero attached hydrogens (tertiary/aromatic N) is 1. The molecule has 1 heterocycles. The quantitative estimate of drug-likeness (QED) is 0.570. The van der Waals surface area contributed by atoms with Gasteiger partial charge in [0.15, 0.2) is 5.75 Å². The van der Waals surface area contributed by atoms with Gasteiger partial charge in [0.05, 0.1) is 12.4 Å². The molecule has 0 radical (unpaired) electrons. The molecular weight excluding hydrogens is 392 g/mol. The van der Waals surface area contributed by atoms with E-state index in [-0.39, 0.29) is 22.1 Å². The number of nitrogens with one attached hydrogen (secondary N) is 2.